The number of methoxy groups -OCH3 is 1. The molecule has 1 heterocycles. The minimum absolute atomic E-state index is 0.146. The standard InChI is InChI=1S/C24H30N2O3/c1-18-4-8-21(16-19(18)2)23(27)17-25-12-14-26(15-13-25)24(28)11-7-20-5-9-22(29-3)10-6-20/h4-6,8-10,16H,7,11-15,17H2,1-3H3. The Morgan fingerprint density at radius 1 is 0.931 bits per heavy atom. The number of rotatable bonds is 7. The molecule has 0 saturated carbocycles. The third-order valence-electron chi connectivity index (χ3n) is 5.71. The second kappa shape index (κ2) is 9.70. The topological polar surface area (TPSA) is 49.9 Å². The summed E-state index contributed by atoms with van der Waals surface area (Å²) in [5, 5.41) is 0. The van der Waals surface area contributed by atoms with E-state index in [-0.39, 0.29) is 11.7 Å². The normalized spacial score (nSPS) is 14.7. The highest BCUT2D eigenvalue weighted by Gasteiger charge is 2.22. The average Bonchev–Trinajstić information content (AvgIpc) is 2.74. The fourth-order valence-electron chi connectivity index (χ4n) is 3.57. The van der Waals surface area contributed by atoms with Crippen molar-refractivity contribution >= 4 is 11.7 Å². The first-order valence-corrected chi connectivity index (χ1v) is 10.2. The first-order chi connectivity index (χ1) is 14.0. The van der Waals surface area contributed by atoms with Crippen molar-refractivity contribution in [3.05, 3.63) is 64.7 Å². The molecule has 0 bridgehead atoms. The summed E-state index contributed by atoms with van der Waals surface area (Å²) in [7, 11) is 1.65. The van der Waals surface area contributed by atoms with E-state index in [2.05, 4.69) is 11.8 Å². The summed E-state index contributed by atoms with van der Waals surface area (Å²) >= 11 is 0. The van der Waals surface area contributed by atoms with Gasteiger partial charge in [-0.1, -0.05) is 24.3 Å². The summed E-state index contributed by atoms with van der Waals surface area (Å²) in [6.45, 7) is 7.34. The van der Waals surface area contributed by atoms with Gasteiger partial charge in [0, 0.05) is 38.2 Å². The van der Waals surface area contributed by atoms with Gasteiger partial charge in [-0.2, -0.15) is 0 Å². The number of hydrogen-bond acceptors (Lipinski definition) is 4. The summed E-state index contributed by atoms with van der Waals surface area (Å²) < 4.78 is 5.16. The summed E-state index contributed by atoms with van der Waals surface area (Å²) in [6, 6.07) is 13.7. The van der Waals surface area contributed by atoms with Crippen molar-refractivity contribution in [2.75, 3.05) is 39.8 Å². The summed E-state index contributed by atoms with van der Waals surface area (Å²) in [4.78, 5) is 29.2. The van der Waals surface area contributed by atoms with Crippen LogP contribution in [0, 0.1) is 13.8 Å². The van der Waals surface area contributed by atoms with E-state index < -0.39 is 0 Å². The van der Waals surface area contributed by atoms with E-state index in [1.807, 2.05) is 54.3 Å². The molecule has 1 aliphatic rings. The molecule has 0 aromatic heterocycles. The van der Waals surface area contributed by atoms with Crippen molar-refractivity contribution < 1.29 is 14.3 Å². The zero-order valence-corrected chi connectivity index (χ0v) is 17.6. The first-order valence-electron chi connectivity index (χ1n) is 10.2. The lowest BCUT2D eigenvalue weighted by molar-refractivity contribution is -0.132. The highest BCUT2D eigenvalue weighted by molar-refractivity contribution is 5.97. The molecule has 154 valence electrons. The Morgan fingerprint density at radius 3 is 2.24 bits per heavy atom. The maximum absolute atomic E-state index is 12.6. The predicted octanol–water partition coefficient (Wildman–Crippen LogP) is 3.27. The summed E-state index contributed by atoms with van der Waals surface area (Å²) in [5.74, 6) is 1.15. The van der Waals surface area contributed by atoms with Gasteiger partial charge in [0.25, 0.3) is 0 Å². The lowest BCUT2D eigenvalue weighted by atomic mass is 10.0. The molecule has 0 spiro atoms. The Balaban J connectivity index is 1.43. The number of amides is 1. The van der Waals surface area contributed by atoms with Gasteiger partial charge in [0.2, 0.25) is 5.91 Å². The smallest absolute Gasteiger partial charge is 0.222 e. The highest BCUT2D eigenvalue weighted by Crippen LogP contribution is 2.14. The molecule has 1 fully saturated rings. The van der Waals surface area contributed by atoms with Gasteiger partial charge in [-0.05, 0) is 55.2 Å². The van der Waals surface area contributed by atoms with Crippen LogP contribution in [0.5, 0.6) is 5.75 Å². The fourth-order valence-corrected chi connectivity index (χ4v) is 3.57. The summed E-state index contributed by atoms with van der Waals surface area (Å²) in [6.07, 6.45) is 1.24. The Morgan fingerprint density at radius 2 is 1.62 bits per heavy atom. The van der Waals surface area contributed by atoms with Gasteiger partial charge in [0.05, 0.1) is 13.7 Å². The Hall–Kier alpha value is -2.66. The van der Waals surface area contributed by atoms with E-state index in [1.54, 1.807) is 7.11 Å². The van der Waals surface area contributed by atoms with E-state index in [1.165, 1.54) is 5.56 Å². The number of carbonyl (C=O) groups is 2. The van der Waals surface area contributed by atoms with Crippen LogP contribution in [-0.2, 0) is 11.2 Å². The van der Waals surface area contributed by atoms with Gasteiger partial charge < -0.3 is 9.64 Å². The lowest BCUT2D eigenvalue weighted by Crippen LogP contribution is -2.50. The summed E-state index contributed by atoms with van der Waals surface area (Å²) in [5.41, 5.74) is 4.24. The van der Waals surface area contributed by atoms with Crippen molar-refractivity contribution in [3.63, 3.8) is 0 Å². The van der Waals surface area contributed by atoms with E-state index in [0.29, 0.717) is 26.1 Å². The molecule has 0 unspecified atom stereocenters. The van der Waals surface area contributed by atoms with Gasteiger partial charge in [-0.25, -0.2) is 0 Å². The lowest BCUT2D eigenvalue weighted by Gasteiger charge is -2.34. The monoisotopic (exact) mass is 394 g/mol. The number of ether oxygens (including phenoxy) is 1. The van der Waals surface area contributed by atoms with Crippen molar-refractivity contribution in [2.24, 2.45) is 0 Å². The number of carbonyl (C=O) groups excluding carboxylic acids is 2. The van der Waals surface area contributed by atoms with Crippen molar-refractivity contribution in [1.29, 1.82) is 0 Å². The van der Waals surface area contributed by atoms with Crippen LogP contribution in [0.2, 0.25) is 0 Å². The minimum atomic E-state index is 0.146. The molecule has 5 heteroatoms. The number of aryl methyl sites for hydroxylation is 3. The third kappa shape index (κ3) is 5.67. The number of ketones is 1. The number of hydrogen-bond donors (Lipinski definition) is 0. The number of nitrogens with zero attached hydrogens (tertiary/aromatic N) is 2. The number of Topliss-reactive ketones (excluding diaryl/α,β-unsaturated/α-hetero) is 1. The molecule has 1 aliphatic heterocycles. The fraction of sp³-hybridized carbons (Fsp3) is 0.417. The molecule has 1 amide bonds. The molecule has 29 heavy (non-hydrogen) atoms. The predicted molar refractivity (Wildman–Crippen MR) is 115 cm³/mol. The Kier molecular flexibility index (Phi) is 7.04. The number of benzene rings is 2. The molecule has 0 atom stereocenters. The molecular weight excluding hydrogens is 364 g/mol. The molecule has 0 N–H and O–H groups in total. The Labute approximate surface area is 173 Å². The second-order valence-corrected chi connectivity index (χ2v) is 7.73. The average molecular weight is 395 g/mol. The largest absolute Gasteiger partial charge is 0.497 e. The van der Waals surface area contributed by atoms with Crippen LogP contribution in [0.25, 0.3) is 0 Å². The van der Waals surface area contributed by atoms with Crippen LogP contribution in [0.3, 0.4) is 0 Å². The zero-order chi connectivity index (χ0) is 20.8. The van der Waals surface area contributed by atoms with Gasteiger partial charge in [0.15, 0.2) is 5.78 Å². The van der Waals surface area contributed by atoms with Gasteiger partial charge in [-0.15, -0.1) is 0 Å². The molecule has 0 radical (unpaired) electrons. The van der Waals surface area contributed by atoms with Crippen LogP contribution in [-0.4, -0.2) is 61.3 Å². The molecule has 1 saturated heterocycles. The second-order valence-electron chi connectivity index (χ2n) is 7.73. The zero-order valence-electron chi connectivity index (χ0n) is 17.6. The Bertz CT molecular complexity index is 853. The quantitative estimate of drug-likeness (QED) is 0.677. The van der Waals surface area contributed by atoms with E-state index in [4.69, 9.17) is 4.74 Å². The van der Waals surface area contributed by atoms with Crippen molar-refractivity contribution in [3.8, 4) is 5.75 Å². The SMILES string of the molecule is COc1ccc(CCC(=O)N2CCN(CC(=O)c3ccc(C)c(C)c3)CC2)cc1. The first kappa shape index (κ1) is 21.1. The molecular formula is C24H30N2O3. The van der Waals surface area contributed by atoms with Gasteiger partial charge >= 0.3 is 0 Å². The molecule has 2 aromatic rings. The van der Waals surface area contributed by atoms with Gasteiger partial charge in [0.1, 0.15) is 5.75 Å². The van der Waals surface area contributed by atoms with E-state index in [0.717, 1.165) is 42.0 Å². The maximum Gasteiger partial charge on any atom is 0.222 e. The van der Waals surface area contributed by atoms with Crippen LogP contribution < -0.4 is 4.74 Å². The highest BCUT2D eigenvalue weighted by atomic mass is 16.5. The van der Waals surface area contributed by atoms with Gasteiger partial charge in [-0.3, -0.25) is 14.5 Å². The maximum atomic E-state index is 12.6. The van der Waals surface area contributed by atoms with Crippen molar-refractivity contribution in [1.82, 2.24) is 9.80 Å². The van der Waals surface area contributed by atoms with Crippen LogP contribution in [0.4, 0.5) is 0 Å². The van der Waals surface area contributed by atoms with Crippen molar-refractivity contribution in [2.45, 2.75) is 26.7 Å². The van der Waals surface area contributed by atoms with E-state index >= 15 is 0 Å². The third-order valence-corrected chi connectivity index (χ3v) is 5.71. The molecule has 0 aliphatic carbocycles. The van der Waals surface area contributed by atoms with Crippen LogP contribution >= 0.6 is 0 Å². The minimum Gasteiger partial charge on any atom is -0.497 e. The number of piperazine rings is 1. The molecule has 2 aromatic carbocycles. The van der Waals surface area contributed by atoms with Crippen LogP contribution in [0.15, 0.2) is 42.5 Å². The van der Waals surface area contributed by atoms with Crippen LogP contribution in [0.1, 0.15) is 33.5 Å². The molecule has 5 nitrogen and oxygen atoms in total. The van der Waals surface area contributed by atoms with E-state index in [9.17, 15) is 9.59 Å². The molecule has 3 rings (SSSR count).